The lowest BCUT2D eigenvalue weighted by atomic mass is 10.1. The van der Waals surface area contributed by atoms with Crippen molar-refractivity contribution in [3.8, 4) is 17.0 Å². The van der Waals surface area contributed by atoms with Gasteiger partial charge in [0.2, 0.25) is 5.95 Å². The van der Waals surface area contributed by atoms with Gasteiger partial charge in [-0.1, -0.05) is 0 Å². The third-order valence-corrected chi connectivity index (χ3v) is 2.74. The fourth-order valence-corrected chi connectivity index (χ4v) is 1.94. The fraction of sp³-hybridized carbons (Fsp3) is 0.308. The van der Waals surface area contributed by atoms with Gasteiger partial charge >= 0.3 is 0 Å². The lowest BCUT2D eigenvalue weighted by Gasteiger charge is -2.07. The highest BCUT2D eigenvalue weighted by Gasteiger charge is 2.10. The molecule has 0 unspecified atom stereocenters. The van der Waals surface area contributed by atoms with Crippen molar-refractivity contribution in [1.82, 2.24) is 9.55 Å². The number of imidazole rings is 1. The zero-order valence-corrected chi connectivity index (χ0v) is 10.4. The summed E-state index contributed by atoms with van der Waals surface area (Å²) in [6, 6.07) is 7.96. The molecule has 2 N–H and O–H groups in total. The second-order valence-corrected chi connectivity index (χ2v) is 3.92. The van der Waals surface area contributed by atoms with E-state index in [9.17, 15) is 0 Å². The van der Waals surface area contributed by atoms with Crippen molar-refractivity contribution in [3.05, 3.63) is 30.0 Å². The van der Waals surface area contributed by atoms with E-state index in [2.05, 4.69) is 4.98 Å². The van der Waals surface area contributed by atoms with Crippen molar-refractivity contribution in [2.24, 2.45) is 7.05 Å². The van der Waals surface area contributed by atoms with E-state index in [0.717, 1.165) is 22.7 Å². The van der Waals surface area contributed by atoms with Gasteiger partial charge in [0.15, 0.2) is 0 Å². The molecule has 4 heteroatoms. The summed E-state index contributed by atoms with van der Waals surface area (Å²) in [4.78, 5) is 4.26. The van der Waals surface area contributed by atoms with Crippen LogP contribution in [0.3, 0.4) is 0 Å². The van der Waals surface area contributed by atoms with E-state index in [-0.39, 0.29) is 0 Å². The van der Waals surface area contributed by atoms with Gasteiger partial charge in [-0.05, 0) is 38.1 Å². The summed E-state index contributed by atoms with van der Waals surface area (Å²) < 4.78 is 7.31. The van der Waals surface area contributed by atoms with Gasteiger partial charge < -0.3 is 15.0 Å². The van der Waals surface area contributed by atoms with Crippen LogP contribution in [0.15, 0.2) is 24.3 Å². The maximum Gasteiger partial charge on any atom is 0.200 e. The molecule has 0 bridgehead atoms. The molecule has 2 aromatic rings. The van der Waals surface area contributed by atoms with Crippen LogP contribution in [0, 0.1) is 6.92 Å². The van der Waals surface area contributed by atoms with E-state index >= 15 is 0 Å². The Morgan fingerprint density at radius 2 is 1.94 bits per heavy atom. The second kappa shape index (κ2) is 4.49. The summed E-state index contributed by atoms with van der Waals surface area (Å²) in [5, 5.41) is 0. The molecule has 0 atom stereocenters. The molecule has 2 rings (SSSR count). The number of aryl methyl sites for hydroxylation is 1. The van der Waals surface area contributed by atoms with Gasteiger partial charge in [-0.15, -0.1) is 0 Å². The van der Waals surface area contributed by atoms with E-state index in [4.69, 9.17) is 10.5 Å². The first-order chi connectivity index (χ1) is 8.13. The van der Waals surface area contributed by atoms with E-state index in [0.29, 0.717) is 12.6 Å². The number of nitrogens with zero attached hydrogens (tertiary/aromatic N) is 2. The minimum Gasteiger partial charge on any atom is -0.494 e. The normalized spacial score (nSPS) is 10.5. The smallest absolute Gasteiger partial charge is 0.200 e. The molecule has 0 radical (unpaired) electrons. The lowest BCUT2D eigenvalue weighted by molar-refractivity contribution is 0.340. The van der Waals surface area contributed by atoms with Crippen molar-refractivity contribution in [2.75, 3.05) is 12.3 Å². The minimum absolute atomic E-state index is 0.534. The average Bonchev–Trinajstić information content (AvgIpc) is 2.55. The average molecular weight is 231 g/mol. The first kappa shape index (κ1) is 11.5. The first-order valence-electron chi connectivity index (χ1n) is 5.65. The van der Waals surface area contributed by atoms with Crippen molar-refractivity contribution < 1.29 is 4.74 Å². The summed E-state index contributed by atoms with van der Waals surface area (Å²) in [7, 11) is 1.92. The number of ether oxygens (including phenoxy) is 1. The molecule has 0 saturated heterocycles. The molecule has 1 heterocycles. The predicted octanol–water partition coefficient (Wildman–Crippen LogP) is 2.38. The summed E-state index contributed by atoms with van der Waals surface area (Å²) >= 11 is 0. The van der Waals surface area contributed by atoms with Crippen LogP contribution in [-0.4, -0.2) is 16.2 Å². The lowest BCUT2D eigenvalue weighted by Crippen LogP contribution is -1.98. The van der Waals surface area contributed by atoms with Crippen molar-refractivity contribution >= 4 is 5.95 Å². The number of nitrogen functional groups attached to an aromatic ring is 1. The van der Waals surface area contributed by atoms with Crippen LogP contribution in [0.2, 0.25) is 0 Å². The molecule has 0 fully saturated rings. The SMILES string of the molecule is CCOc1ccc(-c2c(C)nc(N)n2C)cc1. The molecule has 1 aromatic heterocycles. The van der Waals surface area contributed by atoms with Gasteiger partial charge in [0.05, 0.1) is 18.0 Å². The Balaban J connectivity index is 2.39. The van der Waals surface area contributed by atoms with Gasteiger partial charge in [0, 0.05) is 12.6 Å². The molecular formula is C13H17N3O. The number of hydrogen-bond acceptors (Lipinski definition) is 3. The van der Waals surface area contributed by atoms with E-state index in [1.165, 1.54) is 0 Å². The van der Waals surface area contributed by atoms with Gasteiger partial charge in [0.1, 0.15) is 5.75 Å². The largest absolute Gasteiger partial charge is 0.494 e. The van der Waals surface area contributed by atoms with E-state index in [1.54, 1.807) is 0 Å². The van der Waals surface area contributed by atoms with Crippen LogP contribution < -0.4 is 10.5 Å². The Labute approximate surface area is 101 Å². The highest BCUT2D eigenvalue weighted by molar-refractivity contribution is 5.65. The summed E-state index contributed by atoms with van der Waals surface area (Å²) in [6.07, 6.45) is 0. The predicted molar refractivity (Wildman–Crippen MR) is 69.0 cm³/mol. The molecule has 90 valence electrons. The van der Waals surface area contributed by atoms with E-state index < -0.39 is 0 Å². The van der Waals surface area contributed by atoms with Crippen molar-refractivity contribution in [3.63, 3.8) is 0 Å². The number of benzene rings is 1. The molecule has 0 aliphatic carbocycles. The molecule has 0 spiro atoms. The highest BCUT2D eigenvalue weighted by atomic mass is 16.5. The Bertz CT molecular complexity index is 514. The number of anilines is 1. The number of nitrogens with two attached hydrogens (primary N) is 1. The Kier molecular flexibility index (Phi) is 3.04. The number of rotatable bonds is 3. The maximum absolute atomic E-state index is 5.78. The molecule has 0 saturated carbocycles. The summed E-state index contributed by atoms with van der Waals surface area (Å²) in [6.45, 7) is 4.61. The van der Waals surface area contributed by atoms with Gasteiger partial charge in [-0.25, -0.2) is 4.98 Å². The second-order valence-electron chi connectivity index (χ2n) is 3.92. The van der Waals surface area contributed by atoms with Gasteiger partial charge in [-0.3, -0.25) is 0 Å². The van der Waals surface area contributed by atoms with Gasteiger partial charge in [-0.2, -0.15) is 0 Å². The molecule has 0 amide bonds. The molecule has 4 nitrogen and oxygen atoms in total. The third-order valence-electron chi connectivity index (χ3n) is 2.74. The van der Waals surface area contributed by atoms with Crippen molar-refractivity contribution in [1.29, 1.82) is 0 Å². The van der Waals surface area contributed by atoms with Crippen LogP contribution in [0.1, 0.15) is 12.6 Å². The van der Waals surface area contributed by atoms with Gasteiger partial charge in [0.25, 0.3) is 0 Å². The topological polar surface area (TPSA) is 53.1 Å². The molecule has 0 aliphatic heterocycles. The Hall–Kier alpha value is -1.97. The maximum atomic E-state index is 5.78. The van der Waals surface area contributed by atoms with Crippen molar-refractivity contribution in [2.45, 2.75) is 13.8 Å². The van der Waals surface area contributed by atoms with Crippen LogP contribution in [-0.2, 0) is 7.05 Å². The Morgan fingerprint density at radius 1 is 1.29 bits per heavy atom. The van der Waals surface area contributed by atoms with Crippen LogP contribution in [0.5, 0.6) is 5.75 Å². The first-order valence-corrected chi connectivity index (χ1v) is 5.65. The molecule has 0 aliphatic rings. The monoisotopic (exact) mass is 231 g/mol. The fourth-order valence-electron chi connectivity index (χ4n) is 1.94. The molecule has 1 aromatic carbocycles. The van der Waals surface area contributed by atoms with Crippen LogP contribution in [0.4, 0.5) is 5.95 Å². The summed E-state index contributed by atoms with van der Waals surface area (Å²) in [5.74, 6) is 1.41. The number of aromatic nitrogens is 2. The molecular weight excluding hydrogens is 214 g/mol. The molecule has 17 heavy (non-hydrogen) atoms. The third kappa shape index (κ3) is 2.11. The standard InChI is InChI=1S/C13H17N3O/c1-4-17-11-7-5-10(6-8-11)12-9(2)15-13(14)16(12)3/h5-8H,4H2,1-3H3,(H2,14,15). The van der Waals surface area contributed by atoms with Crippen LogP contribution in [0.25, 0.3) is 11.3 Å². The summed E-state index contributed by atoms with van der Waals surface area (Å²) in [5.41, 5.74) is 8.86. The number of hydrogen-bond donors (Lipinski definition) is 1. The Morgan fingerprint density at radius 3 is 2.41 bits per heavy atom. The highest BCUT2D eigenvalue weighted by Crippen LogP contribution is 2.26. The zero-order chi connectivity index (χ0) is 12.4. The zero-order valence-electron chi connectivity index (χ0n) is 10.4. The minimum atomic E-state index is 0.534. The van der Waals surface area contributed by atoms with Crippen LogP contribution >= 0.6 is 0 Å². The van der Waals surface area contributed by atoms with E-state index in [1.807, 2.05) is 49.7 Å². The quantitative estimate of drug-likeness (QED) is 0.882.